The van der Waals surface area contributed by atoms with Crippen LogP contribution in [0.15, 0.2) is 18.2 Å². The quantitative estimate of drug-likeness (QED) is 0.576. The smallest absolute Gasteiger partial charge is 0.0640 e. The van der Waals surface area contributed by atoms with Crippen LogP contribution >= 0.6 is 11.6 Å². The summed E-state index contributed by atoms with van der Waals surface area (Å²) in [7, 11) is 0. The molecule has 0 radical (unpaired) electrons. The highest BCUT2D eigenvalue weighted by Gasteiger charge is 2.22. The fraction of sp³-hybridized carbons (Fsp3) is 0.647. The number of para-hydroxylation sites is 1. The van der Waals surface area contributed by atoms with Gasteiger partial charge < -0.3 is 5.32 Å². The van der Waals surface area contributed by atoms with Gasteiger partial charge in [0.05, 0.1) is 10.7 Å². The minimum atomic E-state index is 0.671. The molecule has 1 aliphatic rings. The van der Waals surface area contributed by atoms with Gasteiger partial charge in [-0.15, -0.1) is 0 Å². The maximum absolute atomic E-state index is 6.20. The molecule has 0 spiro atoms. The fourth-order valence-electron chi connectivity index (χ4n) is 3.01. The Labute approximate surface area is 122 Å². The van der Waals surface area contributed by atoms with E-state index < -0.39 is 0 Å². The van der Waals surface area contributed by atoms with Gasteiger partial charge in [-0.1, -0.05) is 75.6 Å². The zero-order valence-electron chi connectivity index (χ0n) is 12.1. The molecule has 0 saturated carbocycles. The summed E-state index contributed by atoms with van der Waals surface area (Å²) in [5.74, 6) is 0.671. The lowest BCUT2D eigenvalue weighted by atomic mass is 9.94. The molecule has 2 heteroatoms. The molecule has 1 unspecified atom stereocenters. The average Bonchev–Trinajstić information content (AvgIpc) is 2.83. The molecule has 0 fully saturated rings. The van der Waals surface area contributed by atoms with Gasteiger partial charge in [0.25, 0.3) is 0 Å². The minimum absolute atomic E-state index is 0.671. The van der Waals surface area contributed by atoms with E-state index in [-0.39, 0.29) is 0 Å². The van der Waals surface area contributed by atoms with E-state index in [1.165, 1.54) is 62.6 Å². The predicted molar refractivity (Wildman–Crippen MR) is 85.3 cm³/mol. The summed E-state index contributed by atoms with van der Waals surface area (Å²) in [5, 5.41) is 4.33. The highest BCUT2D eigenvalue weighted by molar-refractivity contribution is 6.33. The highest BCUT2D eigenvalue weighted by Crippen LogP contribution is 2.39. The lowest BCUT2D eigenvalue weighted by Crippen LogP contribution is -2.01. The molecule has 1 atom stereocenters. The van der Waals surface area contributed by atoms with Gasteiger partial charge in [0.2, 0.25) is 0 Å². The Morgan fingerprint density at radius 2 is 1.84 bits per heavy atom. The van der Waals surface area contributed by atoms with Gasteiger partial charge in [0.1, 0.15) is 0 Å². The van der Waals surface area contributed by atoms with Gasteiger partial charge in [-0.3, -0.25) is 0 Å². The summed E-state index contributed by atoms with van der Waals surface area (Å²) in [6.07, 6.45) is 11.0. The van der Waals surface area contributed by atoms with E-state index in [4.69, 9.17) is 11.6 Å². The molecule has 1 aromatic carbocycles. The Hall–Kier alpha value is -0.690. The van der Waals surface area contributed by atoms with Crippen LogP contribution in [0.1, 0.15) is 69.8 Å². The fourth-order valence-corrected chi connectivity index (χ4v) is 3.26. The van der Waals surface area contributed by atoms with E-state index in [2.05, 4.69) is 24.4 Å². The number of hydrogen-bond donors (Lipinski definition) is 1. The second-order valence-corrected chi connectivity index (χ2v) is 6.10. The van der Waals surface area contributed by atoms with Crippen molar-refractivity contribution >= 4 is 17.3 Å². The number of nitrogens with one attached hydrogen (secondary N) is 1. The van der Waals surface area contributed by atoms with Crippen LogP contribution in [0, 0.1) is 0 Å². The second kappa shape index (κ2) is 7.79. The first kappa shape index (κ1) is 14.7. The van der Waals surface area contributed by atoms with Gasteiger partial charge in [0.15, 0.2) is 0 Å². The van der Waals surface area contributed by atoms with Gasteiger partial charge in [-0.25, -0.2) is 0 Å². The summed E-state index contributed by atoms with van der Waals surface area (Å²) in [6, 6.07) is 6.28. The highest BCUT2D eigenvalue weighted by atomic mass is 35.5. The third-order valence-electron chi connectivity index (χ3n) is 4.17. The lowest BCUT2D eigenvalue weighted by Gasteiger charge is -2.10. The zero-order chi connectivity index (χ0) is 13.5. The van der Waals surface area contributed by atoms with Crippen LogP contribution in [0.3, 0.4) is 0 Å². The van der Waals surface area contributed by atoms with Crippen molar-refractivity contribution in [3.05, 3.63) is 28.8 Å². The zero-order valence-corrected chi connectivity index (χ0v) is 12.8. The molecule has 1 aromatic rings. The maximum atomic E-state index is 6.20. The van der Waals surface area contributed by atoms with Crippen molar-refractivity contribution in [2.45, 2.75) is 64.2 Å². The van der Waals surface area contributed by atoms with Crippen LogP contribution in [0.25, 0.3) is 0 Å². The van der Waals surface area contributed by atoms with Gasteiger partial charge >= 0.3 is 0 Å². The molecule has 1 nitrogen and oxygen atoms in total. The van der Waals surface area contributed by atoms with Crippen molar-refractivity contribution in [1.82, 2.24) is 0 Å². The predicted octanol–water partition coefficient (Wildman–Crippen LogP) is 5.99. The molecular formula is C17H26ClN. The van der Waals surface area contributed by atoms with Crippen LogP contribution in [0.2, 0.25) is 5.02 Å². The molecule has 106 valence electrons. The van der Waals surface area contributed by atoms with Crippen molar-refractivity contribution < 1.29 is 0 Å². The molecule has 19 heavy (non-hydrogen) atoms. The normalized spacial score (nSPS) is 17.3. The largest absolute Gasteiger partial charge is 0.383 e. The van der Waals surface area contributed by atoms with Crippen molar-refractivity contribution in [2.24, 2.45) is 0 Å². The second-order valence-electron chi connectivity index (χ2n) is 5.69. The molecule has 0 bridgehead atoms. The molecular weight excluding hydrogens is 254 g/mol. The number of unbranched alkanes of at least 4 members (excludes halogenated alkanes) is 6. The molecule has 2 rings (SSSR count). The van der Waals surface area contributed by atoms with Crippen LogP contribution in [0.4, 0.5) is 5.69 Å². The number of fused-ring (bicyclic) bond motifs is 1. The number of benzene rings is 1. The van der Waals surface area contributed by atoms with Crippen molar-refractivity contribution in [3.63, 3.8) is 0 Å². The topological polar surface area (TPSA) is 12.0 Å². The van der Waals surface area contributed by atoms with Crippen LogP contribution < -0.4 is 5.32 Å². The molecule has 0 aromatic heterocycles. The third-order valence-corrected chi connectivity index (χ3v) is 4.48. The van der Waals surface area contributed by atoms with E-state index in [9.17, 15) is 0 Å². The molecule has 0 saturated heterocycles. The Kier molecular flexibility index (Phi) is 6.03. The average molecular weight is 280 g/mol. The van der Waals surface area contributed by atoms with E-state index in [0.29, 0.717) is 5.92 Å². The molecule has 0 amide bonds. The lowest BCUT2D eigenvalue weighted by molar-refractivity contribution is 0.549. The summed E-state index contributed by atoms with van der Waals surface area (Å²) in [4.78, 5) is 0. The molecule has 1 heterocycles. The minimum Gasteiger partial charge on any atom is -0.383 e. The number of hydrogen-bond acceptors (Lipinski definition) is 1. The van der Waals surface area contributed by atoms with Crippen LogP contribution in [-0.2, 0) is 0 Å². The molecule has 1 N–H and O–H groups in total. The van der Waals surface area contributed by atoms with Crippen LogP contribution in [0.5, 0.6) is 0 Å². The molecule has 0 aliphatic carbocycles. The van der Waals surface area contributed by atoms with Gasteiger partial charge in [-0.2, -0.15) is 0 Å². The third kappa shape index (κ3) is 4.14. The first-order chi connectivity index (χ1) is 9.33. The monoisotopic (exact) mass is 279 g/mol. The summed E-state index contributed by atoms with van der Waals surface area (Å²) in [6.45, 7) is 3.34. The Balaban J connectivity index is 1.67. The Morgan fingerprint density at radius 1 is 1.11 bits per heavy atom. The van der Waals surface area contributed by atoms with Crippen LogP contribution in [-0.4, -0.2) is 6.54 Å². The summed E-state index contributed by atoms with van der Waals surface area (Å²) >= 11 is 6.20. The van der Waals surface area contributed by atoms with E-state index in [0.717, 1.165) is 11.6 Å². The van der Waals surface area contributed by atoms with E-state index in [1.807, 2.05) is 6.07 Å². The summed E-state index contributed by atoms with van der Waals surface area (Å²) < 4.78 is 0. The van der Waals surface area contributed by atoms with Gasteiger partial charge in [0, 0.05) is 12.5 Å². The first-order valence-electron chi connectivity index (χ1n) is 7.85. The first-order valence-corrected chi connectivity index (χ1v) is 8.23. The summed E-state index contributed by atoms with van der Waals surface area (Å²) in [5.41, 5.74) is 2.61. The maximum Gasteiger partial charge on any atom is 0.0640 e. The number of anilines is 1. The van der Waals surface area contributed by atoms with Crippen molar-refractivity contribution in [1.29, 1.82) is 0 Å². The Morgan fingerprint density at radius 3 is 2.63 bits per heavy atom. The standard InChI is InChI=1S/C17H26ClN/c1-2-3-4-5-6-7-8-10-14-13-19-17-15(14)11-9-12-16(17)18/h9,11-12,14,19H,2-8,10,13H2,1H3. The van der Waals surface area contributed by atoms with Crippen molar-refractivity contribution in [3.8, 4) is 0 Å². The number of rotatable bonds is 8. The molecule has 1 aliphatic heterocycles. The van der Waals surface area contributed by atoms with E-state index in [1.54, 1.807) is 0 Å². The number of halogens is 1. The SMILES string of the molecule is CCCCCCCCCC1CNc2c(Cl)cccc21. The Bertz CT molecular complexity index is 389. The van der Waals surface area contributed by atoms with E-state index >= 15 is 0 Å². The van der Waals surface area contributed by atoms with Gasteiger partial charge in [-0.05, 0) is 18.1 Å². The van der Waals surface area contributed by atoms with Crippen molar-refractivity contribution in [2.75, 3.05) is 11.9 Å².